The molecule has 2 unspecified atom stereocenters. The first kappa shape index (κ1) is 14.2. The number of piperidine rings is 1. The average molecular weight is 264 g/mol. The zero-order chi connectivity index (χ0) is 13.8. The number of nitrogens with two attached hydrogens (primary N) is 1. The number of hydrogen-bond acceptors (Lipinski definition) is 4. The van der Waals surface area contributed by atoms with Gasteiger partial charge in [-0.1, -0.05) is 6.07 Å². The van der Waals surface area contributed by atoms with Crippen molar-refractivity contribution in [2.75, 3.05) is 20.2 Å². The third kappa shape index (κ3) is 3.61. The predicted molar refractivity (Wildman–Crippen MR) is 76.3 cm³/mol. The van der Waals surface area contributed by atoms with E-state index in [4.69, 9.17) is 10.5 Å². The van der Waals surface area contributed by atoms with Crippen LogP contribution in [0.3, 0.4) is 0 Å². The Balaban J connectivity index is 1.98. The van der Waals surface area contributed by atoms with E-state index in [1.165, 1.54) is 12.8 Å². The molecule has 4 heteroatoms. The van der Waals surface area contributed by atoms with Gasteiger partial charge < -0.3 is 15.6 Å². The van der Waals surface area contributed by atoms with Gasteiger partial charge in [0.1, 0.15) is 0 Å². The molecular formula is C15H24N2O2. The van der Waals surface area contributed by atoms with Gasteiger partial charge in [0.05, 0.1) is 7.11 Å². The lowest BCUT2D eigenvalue weighted by atomic mass is 9.92. The van der Waals surface area contributed by atoms with Crippen molar-refractivity contribution in [2.24, 2.45) is 11.7 Å². The molecule has 3 N–H and O–H groups in total. The number of phenols is 1. The quantitative estimate of drug-likeness (QED) is 0.873. The Labute approximate surface area is 115 Å². The van der Waals surface area contributed by atoms with Crippen molar-refractivity contribution >= 4 is 0 Å². The molecule has 1 saturated heterocycles. The summed E-state index contributed by atoms with van der Waals surface area (Å²) in [6.07, 6.45) is 2.43. The summed E-state index contributed by atoms with van der Waals surface area (Å²) in [5, 5.41) is 9.80. The van der Waals surface area contributed by atoms with Gasteiger partial charge in [-0.25, -0.2) is 0 Å². The molecule has 0 amide bonds. The minimum Gasteiger partial charge on any atom is -0.504 e. The first-order valence-corrected chi connectivity index (χ1v) is 6.94. The Hall–Kier alpha value is -1.26. The lowest BCUT2D eigenvalue weighted by molar-refractivity contribution is 0.154. The molecule has 4 nitrogen and oxygen atoms in total. The molecule has 106 valence electrons. The van der Waals surface area contributed by atoms with Crippen molar-refractivity contribution in [3.8, 4) is 11.5 Å². The van der Waals surface area contributed by atoms with Gasteiger partial charge >= 0.3 is 0 Å². The van der Waals surface area contributed by atoms with Gasteiger partial charge in [-0.3, -0.25) is 4.90 Å². The fourth-order valence-corrected chi connectivity index (χ4v) is 2.76. The standard InChI is InChI=1S/C15H24N2O2/c1-11(16)13-4-3-7-17(10-13)9-12-5-6-15(19-2)14(18)8-12/h5-6,8,11,13,18H,3-4,7,9-10,16H2,1-2H3. The Bertz CT molecular complexity index is 421. The third-order valence-electron chi connectivity index (χ3n) is 3.93. The fraction of sp³-hybridized carbons (Fsp3) is 0.600. The van der Waals surface area contributed by atoms with Crippen molar-refractivity contribution < 1.29 is 9.84 Å². The molecule has 2 atom stereocenters. The van der Waals surface area contributed by atoms with Crippen LogP contribution in [0.2, 0.25) is 0 Å². The SMILES string of the molecule is COc1ccc(CN2CCCC(C(C)N)C2)cc1O. The molecule has 2 rings (SSSR count). The Morgan fingerprint density at radius 1 is 1.53 bits per heavy atom. The molecule has 1 aliphatic rings. The van der Waals surface area contributed by atoms with E-state index < -0.39 is 0 Å². The summed E-state index contributed by atoms with van der Waals surface area (Å²) in [6.45, 7) is 5.11. The number of ether oxygens (including phenoxy) is 1. The monoisotopic (exact) mass is 264 g/mol. The normalized spacial score (nSPS) is 22.2. The van der Waals surface area contributed by atoms with Crippen molar-refractivity contribution in [3.05, 3.63) is 23.8 Å². The number of rotatable bonds is 4. The summed E-state index contributed by atoms with van der Waals surface area (Å²) < 4.78 is 5.06. The summed E-state index contributed by atoms with van der Waals surface area (Å²) in [6, 6.07) is 5.87. The molecule has 1 aliphatic heterocycles. The van der Waals surface area contributed by atoms with Gasteiger partial charge in [0.15, 0.2) is 11.5 Å². The second kappa shape index (κ2) is 6.26. The Morgan fingerprint density at radius 2 is 2.32 bits per heavy atom. The molecule has 1 heterocycles. The summed E-state index contributed by atoms with van der Waals surface area (Å²) in [5.41, 5.74) is 7.12. The smallest absolute Gasteiger partial charge is 0.160 e. The zero-order valence-corrected chi connectivity index (χ0v) is 11.8. The Morgan fingerprint density at radius 3 is 2.95 bits per heavy atom. The average Bonchev–Trinajstić information content (AvgIpc) is 2.39. The maximum Gasteiger partial charge on any atom is 0.160 e. The number of methoxy groups -OCH3 is 1. The summed E-state index contributed by atoms with van der Waals surface area (Å²) in [7, 11) is 1.56. The minimum absolute atomic E-state index is 0.209. The van der Waals surface area contributed by atoms with Crippen LogP contribution in [-0.2, 0) is 6.54 Å². The Kier molecular flexibility index (Phi) is 4.66. The molecule has 1 aromatic rings. The minimum atomic E-state index is 0.209. The highest BCUT2D eigenvalue weighted by Crippen LogP contribution is 2.27. The first-order valence-electron chi connectivity index (χ1n) is 6.94. The maximum absolute atomic E-state index is 9.80. The van der Waals surface area contributed by atoms with Crippen LogP contribution < -0.4 is 10.5 Å². The van der Waals surface area contributed by atoms with E-state index in [2.05, 4.69) is 11.8 Å². The molecule has 0 aliphatic carbocycles. The molecule has 0 saturated carbocycles. The molecular weight excluding hydrogens is 240 g/mol. The lowest BCUT2D eigenvalue weighted by Crippen LogP contribution is -2.41. The van der Waals surface area contributed by atoms with E-state index in [-0.39, 0.29) is 11.8 Å². The highest BCUT2D eigenvalue weighted by Gasteiger charge is 2.22. The second-order valence-electron chi connectivity index (χ2n) is 5.50. The number of benzene rings is 1. The van der Waals surface area contributed by atoms with Crippen LogP contribution in [0.1, 0.15) is 25.3 Å². The molecule has 1 aromatic carbocycles. The fourth-order valence-electron chi connectivity index (χ4n) is 2.76. The second-order valence-corrected chi connectivity index (χ2v) is 5.50. The molecule has 0 spiro atoms. The van der Waals surface area contributed by atoms with E-state index in [9.17, 15) is 5.11 Å². The van der Waals surface area contributed by atoms with Crippen molar-refractivity contribution in [1.29, 1.82) is 0 Å². The summed E-state index contributed by atoms with van der Waals surface area (Å²) in [5.74, 6) is 1.32. The van der Waals surface area contributed by atoms with Crippen molar-refractivity contribution in [2.45, 2.75) is 32.4 Å². The van der Waals surface area contributed by atoms with E-state index in [1.54, 1.807) is 13.2 Å². The van der Waals surface area contributed by atoms with Gasteiger partial charge in [-0.15, -0.1) is 0 Å². The van der Waals surface area contributed by atoms with Gasteiger partial charge in [-0.2, -0.15) is 0 Å². The van der Waals surface area contributed by atoms with E-state index in [0.29, 0.717) is 11.7 Å². The van der Waals surface area contributed by atoms with E-state index in [1.807, 2.05) is 12.1 Å². The van der Waals surface area contributed by atoms with Crippen LogP contribution in [0.4, 0.5) is 0 Å². The van der Waals surface area contributed by atoms with Crippen LogP contribution in [0, 0.1) is 5.92 Å². The van der Waals surface area contributed by atoms with Crippen LogP contribution in [-0.4, -0.2) is 36.2 Å². The summed E-state index contributed by atoms with van der Waals surface area (Å²) >= 11 is 0. The molecule has 0 radical (unpaired) electrons. The number of likely N-dealkylation sites (tertiary alicyclic amines) is 1. The molecule has 0 bridgehead atoms. The molecule has 0 aromatic heterocycles. The number of aromatic hydroxyl groups is 1. The molecule has 1 fully saturated rings. The lowest BCUT2D eigenvalue weighted by Gasteiger charge is -2.34. The summed E-state index contributed by atoms with van der Waals surface area (Å²) in [4.78, 5) is 2.42. The predicted octanol–water partition coefficient (Wildman–Crippen LogP) is 1.96. The number of hydrogen-bond donors (Lipinski definition) is 2. The van der Waals surface area contributed by atoms with Crippen LogP contribution in [0.5, 0.6) is 11.5 Å². The highest BCUT2D eigenvalue weighted by molar-refractivity contribution is 5.41. The van der Waals surface area contributed by atoms with Crippen molar-refractivity contribution in [3.63, 3.8) is 0 Å². The van der Waals surface area contributed by atoms with Gasteiger partial charge in [0.2, 0.25) is 0 Å². The van der Waals surface area contributed by atoms with E-state index >= 15 is 0 Å². The highest BCUT2D eigenvalue weighted by atomic mass is 16.5. The zero-order valence-electron chi connectivity index (χ0n) is 11.8. The largest absolute Gasteiger partial charge is 0.504 e. The maximum atomic E-state index is 9.80. The van der Waals surface area contributed by atoms with Crippen LogP contribution in [0.15, 0.2) is 18.2 Å². The van der Waals surface area contributed by atoms with Crippen LogP contribution in [0.25, 0.3) is 0 Å². The first-order chi connectivity index (χ1) is 9.10. The number of nitrogens with zero attached hydrogens (tertiary/aromatic N) is 1. The number of phenolic OH excluding ortho intramolecular Hbond substituents is 1. The van der Waals surface area contributed by atoms with Gasteiger partial charge in [-0.05, 0) is 49.9 Å². The van der Waals surface area contributed by atoms with Gasteiger partial charge in [0.25, 0.3) is 0 Å². The topological polar surface area (TPSA) is 58.7 Å². The van der Waals surface area contributed by atoms with E-state index in [0.717, 1.165) is 25.2 Å². The third-order valence-corrected chi connectivity index (χ3v) is 3.93. The molecule has 19 heavy (non-hydrogen) atoms. The van der Waals surface area contributed by atoms with Crippen molar-refractivity contribution in [1.82, 2.24) is 4.90 Å². The van der Waals surface area contributed by atoms with Crippen LogP contribution >= 0.6 is 0 Å². The van der Waals surface area contributed by atoms with Gasteiger partial charge in [0, 0.05) is 19.1 Å².